The van der Waals surface area contributed by atoms with E-state index in [1.165, 1.54) is 11.1 Å². The SMILES string of the molecule is O=C(O)N1CC(n2ccnn2)CC1n1ccnn1. The molecular weight excluding hydrogens is 238 g/mol. The quantitative estimate of drug-likeness (QED) is 0.803. The number of carboxylic acid groups (broad SMARTS) is 1. The van der Waals surface area contributed by atoms with Crippen molar-refractivity contribution in [2.24, 2.45) is 0 Å². The van der Waals surface area contributed by atoms with Gasteiger partial charge < -0.3 is 5.11 Å². The Bertz CT molecular complexity index is 523. The topological polar surface area (TPSA) is 102 Å². The molecule has 0 spiro atoms. The summed E-state index contributed by atoms with van der Waals surface area (Å²) in [4.78, 5) is 12.6. The predicted octanol–water partition coefficient (Wildman–Crippen LogP) is -0.00680. The van der Waals surface area contributed by atoms with Crippen LogP contribution in [-0.4, -0.2) is 52.6 Å². The molecule has 2 atom stereocenters. The third-order valence-corrected chi connectivity index (χ3v) is 3.06. The zero-order chi connectivity index (χ0) is 12.5. The van der Waals surface area contributed by atoms with Crippen molar-refractivity contribution in [2.75, 3.05) is 6.54 Å². The van der Waals surface area contributed by atoms with Gasteiger partial charge in [0.05, 0.1) is 18.4 Å². The molecule has 9 heteroatoms. The Balaban J connectivity index is 1.87. The number of hydrogen-bond donors (Lipinski definition) is 1. The minimum atomic E-state index is -0.974. The summed E-state index contributed by atoms with van der Waals surface area (Å²) in [5.74, 6) is 0. The van der Waals surface area contributed by atoms with Gasteiger partial charge in [0.25, 0.3) is 0 Å². The Morgan fingerprint density at radius 1 is 1.17 bits per heavy atom. The maximum atomic E-state index is 11.2. The minimum Gasteiger partial charge on any atom is -0.465 e. The monoisotopic (exact) mass is 249 g/mol. The van der Waals surface area contributed by atoms with E-state index in [4.69, 9.17) is 0 Å². The summed E-state index contributed by atoms with van der Waals surface area (Å²) in [6.45, 7) is 0.364. The molecule has 1 saturated heterocycles. The highest BCUT2D eigenvalue weighted by atomic mass is 16.4. The van der Waals surface area contributed by atoms with Crippen LogP contribution in [0.1, 0.15) is 18.6 Å². The largest absolute Gasteiger partial charge is 0.465 e. The second-order valence-electron chi connectivity index (χ2n) is 4.07. The molecule has 2 unspecified atom stereocenters. The molecule has 94 valence electrons. The number of amides is 1. The highest BCUT2D eigenvalue weighted by Crippen LogP contribution is 2.33. The van der Waals surface area contributed by atoms with Gasteiger partial charge in [-0.3, -0.25) is 4.90 Å². The van der Waals surface area contributed by atoms with Crippen molar-refractivity contribution in [3.05, 3.63) is 24.8 Å². The Morgan fingerprint density at radius 2 is 1.83 bits per heavy atom. The van der Waals surface area contributed by atoms with Crippen LogP contribution in [0, 0.1) is 0 Å². The van der Waals surface area contributed by atoms with E-state index < -0.39 is 6.09 Å². The summed E-state index contributed by atoms with van der Waals surface area (Å²) in [5, 5.41) is 24.4. The lowest BCUT2D eigenvalue weighted by molar-refractivity contribution is 0.118. The molecule has 1 N–H and O–H groups in total. The van der Waals surface area contributed by atoms with Crippen LogP contribution >= 0.6 is 0 Å². The molecule has 0 radical (unpaired) electrons. The van der Waals surface area contributed by atoms with Crippen LogP contribution in [0.25, 0.3) is 0 Å². The number of carbonyl (C=O) groups is 1. The number of nitrogens with zero attached hydrogens (tertiary/aromatic N) is 7. The molecule has 2 aromatic heterocycles. The molecule has 0 aliphatic carbocycles. The van der Waals surface area contributed by atoms with Crippen molar-refractivity contribution in [3.63, 3.8) is 0 Å². The standard InChI is InChI=1S/C9H11N7O2/c17-9(18)14-6-7(15-3-1-10-12-15)5-8(14)16-4-2-11-13-16/h1-4,7-8H,5-6H2,(H,17,18). The van der Waals surface area contributed by atoms with Gasteiger partial charge >= 0.3 is 6.09 Å². The van der Waals surface area contributed by atoms with Crippen molar-refractivity contribution >= 4 is 6.09 Å². The summed E-state index contributed by atoms with van der Waals surface area (Å²) in [5.41, 5.74) is 0. The van der Waals surface area contributed by atoms with Crippen LogP contribution in [0.15, 0.2) is 24.8 Å². The van der Waals surface area contributed by atoms with E-state index >= 15 is 0 Å². The van der Waals surface area contributed by atoms with Crippen LogP contribution in [0.5, 0.6) is 0 Å². The summed E-state index contributed by atoms with van der Waals surface area (Å²) < 4.78 is 3.22. The Morgan fingerprint density at radius 3 is 2.39 bits per heavy atom. The van der Waals surface area contributed by atoms with Gasteiger partial charge in [0.15, 0.2) is 0 Å². The molecule has 3 heterocycles. The molecular formula is C9H11N7O2. The lowest BCUT2D eigenvalue weighted by atomic mass is 10.2. The predicted molar refractivity (Wildman–Crippen MR) is 57.5 cm³/mol. The van der Waals surface area contributed by atoms with Crippen LogP contribution < -0.4 is 0 Å². The second-order valence-corrected chi connectivity index (χ2v) is 4.07. The number of aromatic nitrogens is 6. The summed E-state index contributed by atoms with van der Waals surface area (Å²) in [7, 11) is 0. The van der Waals surface area contributed by atoms with Crippen molar-refractivity contribution in [2.45, 2.75) is 18.6 Å². The number of rotatable bonds is 2. The van der Waals surface area contributed by atoms with E-state index in [2.05, 4.69) is 20.6 Å². The van der Waals surface area contributed by atoms with E-state index in [0.29, 0.717) is 13.0 Å². The highest BCUT2D eigenvalue weighted by molar-refractivity contribution is 5.65. The molecule has 2 aromatic rings. The molecule has 1 amide bonds. The minimum absolute atomic E-state index is 0.0298. The van der Waals surface area contributed by atoms with Gasteiger partial charge in [0.2, 0.25) is 0 Å². The summed E-state index contributed by atoms with van der Waals surface area (Å²) in [6, 6.07) is -0.0298. The van der Waals surface area contributed by atoms with Crippen LogP contribution in [-0.2, 0) is 0 Å². The molecule has 9 nitrogen and oxygen atoms in total. The van der Waals surface area contributed by atoms with E-state index in [1.54, 1.807) is 28.0 Å². The van der Waals surface area contributed by atoms with Gasteiger partial charge in [-0.1, -0.05) is 10.4 Å². The molecule has 1 fully saturated rings. The number of hydrogen-bond acceptors (Lipinski definition) is 5. The molecule has 1 aliphatic heterocycles. The fourth-order valence-corrected chi connectivity index (χ4v) is 2.23. The zero-order valence-electron chi connectivity index (χ0n) is 9.36. The number of likely N-dealkylation sites (tertiary alicyclic amines) is 1. The van der Waals surface area contributed by atoms with E-state index in [1.807, 2.05) is 0 Å². The summed E-state index contributed by atoms with van der Waals surface area (Å²) in [6.07, 6.45) is 5.77. The van der Waals surface area contributed by atoms with Crippen molar-refractivity contribution < 1.29 is 9.90 Å². The molecule has 1 aliphatic rings. The van der Waals surface area contributed by atoms with Gasteiger partial charge in [-0.15, -0.1) is 10.2 Å². The molecule has 0 aromatic carbocycles. The molecule has 3 rings (SSSR count). The van der Waals surface area contributed by atoms with Crippen LogP contribution in [0.2, 0.25) is 0 Å². The van der Waals surface area contributed by atoms with Crippen molar-refractivity contribution in [1.82, 2.24) is 34.9 Å². The van der Waals surface area contributed by atoms with Gasteiger partial charge in [-0.2, -0.15) is 0 Å². The van der Waals surface area contributed by atoms with Gasteiger partial charge in [0.1, 0.15) is 6.17 Å². The Labute approximate surface area is 102 Å². The molecule has 18 heavy (non-hydrogen) atoms. The fourth-order valence-electron chi connectivity index (χ4n) is 2.23. The van der Waals surface area contributed by atoms with Crippen LogP contribution in [0.3, 0.4) is 0 Å². The lowest BCUT2D eigenvalue weighted by Crippen LogP contribution is -2.33. The average Bonchev–Trinajstić information content (AvgIpc) is 3.10. The van der Waals surface area contributed by atoms with Gasteiger partial charge in [-0.05, 0) is 0 Å². The molecule has 0 bridgehead atoms. The lowest BCUT2D eigenvalue weighted by Gasteiger charge is -2.20. The maximum Gasteiger partial charge on any atom is 0.409 e. The second kappa shape index (κ2) is 4.09. The van der Waals surface area contributed by atoms with Crippen molar-refractivity contribution in [3.8, 4) is 0 Å². The first kappa shape index (κ1) is 10.7. The third-order valence-electron chi connectivity index (χ3n) is 3.06. The summed E-state index contributed by atoms with van der Waals surface area (Å²) >= 11 is 0. The Hall–Kier alpha value is -2.45. The van der Waals surface area contributed by atoms with E-state index in [-0.39, 0.29) is 12.2 Å². The molecule has 0 saturated carbocycles. The highest BCUT2D eigenvalue weighted by Gasteiger charge is 2.38. The normalized spacial score (nSPS) is 23.4. The Kier molecular flexibility index (Phi) is 2.43. The third kappa shape index (κ3) is 1.69. The van der Waals surface area contributed by atoms with Gasteiger partial charge in [-0.25, -0.2) is 14.2 Å². The van der Waals surface area contributed by atoms with Gasteiger partial charge in [0, 0.05) is 25.4 Å². The first-order valence-corrected chi connectivity index (χ1v) is 5.47. The first-order chi connectivity index (χ1) is 8.75. The zero-order valence-corrected chi connectivity index (χ0v) is 9.36. The average molecular weight is 249 g/mol. The van der Waals surface area contributed by atoms with Crippen LogP contribution in [0.4, 0.5) is 4.79 Å². The van der Waals surface area contributed by atoms with E-state index in [0.717, 1.165) is 0 Å². The van der Waals surface area contributed by atoms with E-state index in [9.17, 15) is 9.90 Å². The first-order valence-electron chi connectivity index (χ1n) is 5.47. The van der Waals surface area contributed by atoms with Crippen molar-refractivity contribution in [1.29, 1.82) is 0 Å². The fraction of sp³-hybridized carbons (Fsp3) is 0.444. The maximum absolute atomic E-state index is 11.2. The smallest absolute Gasteiger partial charge is 0.409 e.